The zero-order valence-electron chi connectivity index (χ0n) is 16.7. The van der Waals surface area contributed by atoms with Crippen LogP contribution in [0, 0.1) is 5.82 Å². The Kier molecular flexibility index (Phi) is 6.36. The van der Waals surface area contributed by atoms with Gasteiger partial charge in [-0.25, -0.2) is 12.8 Å². The maximum absolute atomic E-state index is 13.8. The number of halogens is 1. The Labute approximate surface area is 170 Å². The summed E-state index contributed by atoms with van der Waals surface area (Å²) in [5.74, 6) is -0.687. The van der Waals surface area contributed by atoms with E-state index in [9.17, 15) is 17.6 Å². The molecule has 1 aliphatic heterocycles. The van der Waals surface area contributed by atoms with Crippen LogP contribution >= 0.6 is 0 Å². The molecule has 3 rings (SSSR count). The van der Waals surface area contributed by atoms with E-state index < -0.39 is 10.0 Å². The van der Waals surface area contributed by atoms with Crippen LogP contribution in [0.4, 0.5) is 4.39 Å². The molecule has 0 radical (unpaired) electrons. The minimum atomic E-state index is -3.67. The van der Waals surface area contributed by atoms with Crippen molar-refractivity contribution in [3.63, 3.8) is 0 Å². The number of sulfonamides is 1. The van der Waals surface area contributed by atoms with Gasteiger partial charge < -0.3 is 9.64 Å². The fourth-order valence-electron chi connectivity index (χ4n) is 3.42. The molecule has 0 saturated carbocycles. The highest BCUT2D eigenvalue weighted by molar-refractivity contribution is 7.89. The highest BCUT2D eigenvalue weighted by atomic mass is 32.2. The highest BCUT2D eigenvalue weighted by Gasteiger charge is 2.32. The molecule has 1 heterocycles. The Morgan fingerprint density at radius 1 is 1.10 bits per heavy atom. The van der Waals surface area contributed by atoms with Crippen molar-refractivity contribution in [1.29, 1.82) is 0 Å². The van der Waals surface area contributed by atoms with Crippen molar-refractivity contribution < 1.29 is 22.3 Å². The van der Waals surface area contributed by atoms with E-state index in [0.717, 1.165) is 0 Å². The second-order valence-corrected chi connectivity index (χ2v) is 9.29. The van der Waals surface area contributed by atoms with Crippen molar-refractivity contribution in [3.05, 3.63) is 65.5 Å². The third-order valence-corrected chi connectivity index (χ3v) is 6.68. The smallest absolute Gasteiger partial charge is 0.253 e. The van der Waals surface area contributed by atoms with Gasteiger partial charge in [0.05, 0.1) is 17.1 Å². The van der Waals surface area contributed by atoms with Crippen LogP contribution < -0.4 is 0 Å². The van der Waals surface area contributed by atoms with E-state index >= 15 is 0 Å². The lowest BCUT2D eigenvalue weighted by atomic mass is 10.1. The molecule has 0 aliphatic carbocycles. The quantitative estimate of drug-likeness (QED) is 0.746. The predicted octanol–water partition coefficient (Wildman–Crippen LogP) is 2.90. The first-order chi connectivity index (χ1) is 13.7. The van der Waals surface area contributed by atoms with Gasteiger partial charge in [0.1, 0.15) is 5.82 Å². The van der Waals surface area contributed by atoms with Crippen molar-refractivity contribution in [3.8, 4) is 0 Å². The lowest BCUT2D eigenvalue weighted by Crippen LogP contribution is -2.48. The van der Waals surface area contributed by atoms with Crippen LogP contribution in [-0.4, -0.2) is 55.9 Å². The van der Waals surface area contributed by atoms with Crippen molar-refractivity contribution in [2.75, 3.05) is 20.1 Å². The largest absolute Gasteiger partial charge is 0.373 e. The molecule has 156 valence electrons. The molecule has 1 fully saturated rings. The summed E-state index contributed by atoms with van der Waals surface area (Å²) < 4.78 is 46.6. The number of carbonyl (C=O) groups is 1. The van der Waals surface area contributed by atoms with E-state index in [-0.39, 0.29) is 35.4 Å². The van der Waals surface area contributed by atoms with Gasteiger partial charge in [0.25, 0.3) is 5.91 Å². The minimum Gasteiger partial charge on any atom is -0.373 e. The normalized spacial score (nSPS) is 20.4. The SMILES string of the molecule is C[C@@H]1CN(S(=O)(=O)c2ccc(C(=O)N(C)Cc3ccccc3F)cc2)C[C@@H](C)O1. The topological polar surface area (TPSA) is 66.9 Å². The molecule has 1 amide bonds. The van der Waals surface area contributed by atoms with Crippen LogP contribution in [0.5, 0.6) is 0 Å². The van der Waals surface area contributed by atoms with Gasteiger partial charge in [0.2, 0.25) is 10.0 Å². The number of hydrogen-bond donors (Lipinski definition) is 0. The molecule has 0 aromatic heterocycles. The molecule has 1 aliphatic rings. The predicted molar refractivity (Wildman–Crippen MR) is 107 cm³/mol. The van der Waals surface area contributed by atoms with Crippen molar-refractivity contribution in [1.82, 2.24) is 9.21 Å². The van der Waals surface area contributed by atoms with Gasteiger partial charge in [-0.1, -0.05) is 18.2 Å². The fourth-order valence-corrected chi connectivity index (χ4v) is 5.01. The Bertz CT molecular complexity index is 968. The Hall–Kier alpha value is -2.29. The highest BCUT2D eigenvalue weighted by Crippen LogP contribution is 2.22. The van der Waals surface area contributed by atoms with Gasteiger partial charge in [-0.05, 0) is 44.2 Å². The maximum atomic E-state index is 13.8. The summed E-state index contributed by atoms with van der Waals surface area (Å²) in [6.45, 7) is 4.38. The van der Waals surface area contributed by atoms with E-state index in [4.69, 9.17) is 4.74 Å². The van der Waals surface area contributed by atoms with Crippen LogP contribution in [0.1, 0.15) is 29.8 Å². The number of amides is 1. The van der Waals surface area contributed by atoms with Crippen LogP contribution in [0.25, 0.3) is 0 Å². The minimum absolute atomic E-state index is 0.120. The zero-order valence-corrected chi connectivity index (χ0v) is 17.5. The van der Waals surface area contributed by atoms with E-state index in [1.807, 2.05) is 13.8 Å². The average Bonchev–Trinajstić information content (AvgIpc) is 2.68. The Morgan fingerprint density at radius 2 is 1.69 bits per heavy atom. The fraction of sp³-hybridized carbons (Fsp3) is 0.381. The van der Waals surface area contributed by atoms with Crippen LogP contribution in [0.15, 0.2) is 53.4 Å². The lowest BCUT2D eigenvalue weighted by Gasteiger charge is -2.34. The summed E-state index contributed by atoms with van der Waals surface area (Å²) in [6.07, 6.45) is -0.359. The molecular formula is C21H25FN2O4S. The molecule has 6 nitrogen and oxygen atoms in total. The summed E-state index contributed by atoms with van der Waals surface area (Å²) >= 11 is 0. The molecule has 2 aromatic carbocycles. The molecule has 2 aromatic rings. The van der Waals surface area contributed by atoms with Gasteiger partial charge >= 0.3 is 0 Å². The third kappa shape index (κ3) is 4.83. The summed E-state index contributed by atoms with van der Waals surface area (Å²) in [5, 5.41) is 0. The molecule has 0 spiro atoms. The molecule has 2 atom stereocenters. The number of benzene rings is 2. The van der Waals surface area contributed by atoms with Gasteiger partial charge in [-0.15, -0.1) is 0 Å². The summed E-state index contributed by atoms with van der Waals surface area (Å²) in [4.78, 5) is 14.2. The van der Waals surface area contributed by atoms with E-state index in [2.05, 4.69) is 0 Å². The lowest BCUT2D eigenvalue weighted by molar-refractivity contribution is -0.0440. The second kappa shape index (κ2) is 8.61. The molecule has 0 bridgehead atoms. The maximum Gasteiger partial charge on any atom is 0.253 e. The standard InChI is InChI=1S/C21H25FN2O4S/c1-15-12-24(13-16(2)28-15)29(26,27)19-10-8-17(9-11-19)21(25)23(3)14-18-6-4-5-7-20(18)22/h4-11,15-16H,12-14H2,1-3H3/t15-,16-/m1/s1. The number of rotatable bonds is 5. The molecule has 0 N–H and O–H groups in total. The monoisotopic (exact) mass is 420 g/mol. The molecule has 8 heteroatoms. The first-order valence-electron chi connectivity index (χ1n) is 9.43. The van der Waals surface area contributed by atoms with E-state index in [1.54, 1.807) is 25.2 Å². The van der Waals surface area contributed by atoms with Crippen LogP contribution in [-0.2, 0) is 21.3 Å². The molecule has 1 saturated heterocycles. The van der Waals surface area contributed by atoms with E-state index in [0.29, 0.717) is 24.2 Å². The van der Waals surface area contributed by atoms with Crippen molar-refractivity contribution in [2.45, 2.75) is 37.5 Å². The Balaban J connectivity index is 1.73. The van der Waals surface area contributed by atoms with Crippen molar-refractivity contribution in [2.24, 2.45) is 0 Å². The van der Waals surface area contributed by atoms with E-state index in [1.165, 1.54) is 39.5 Å². The molecule has 29 heavy (non-hydrogen) atoms. The van der Waals surface area contributed by atoms with Gasteiger partial charge in [-0.3, -0.25) is 4.79 Å². The number of carbonyl (C=O) groups excluding carboxylic acids is 1. The molecule has 0 unspecified atom stereocenters. The number of ether oxygens (including phenoxy) is 1. The average molecular weight is 421 g/mol. The van der Waals surface area contributed by atoms with Crippen LogP contribution in [0.2, 0.25) is 0 Å². The number of nitrogens with zero attached hydrogens (tertiary/aromatic N) is 2. The first-order valence-corrected chi connectivity index (χ1v) is 10.9. The van der Waals surface area contributed by atoms with Gasteiger partial charge in [-0.2, -0.15) is 4.31 Å². The summed E-state index contributed by atoms with van der Waals surface area (Å²) in [5.41, 5.74) is 0.754. The summed E-state index contributed by atoms with van der Waals surface area (Å²) in [7, 11) is -2.09. The summed E-state index contributed by atoms with van der Waals surface area (Å²) in [6, 6.07) is 12.1. The molecular weight excluding hydrogens is 395 g/mol. The van der Waals surface area contributed by atoms with Gasteiger partial charge in [0.15, 0.2) is 0 Å². The Morgan fingerprint density at radius 3 is 2.28 bits per heavy atom. The van der Waals surface area contributed by atoms with Crippen molar-refractivity contribution >= 4 is 15.9 Å². The second-order valence-electron chi connectivity index (χ2n) is 7.36. The van der Waals surface area contributed by atoms with Crippen LogP contribution in [0.3, 0.4) is 0 Å². The number of hydrogen-bond acceptors (Lipinski definition) is 4. The van der Waals surface area contributed by atoms with Gasteiger partial charge in [0, 0.05) is 37.8 Å². The first kappa shape index (κ1) is 21.4. The zero-order chi connectivity index (χ0) is 21.2. The number of morpholine rings is 1. The third-order valence-electron chi connectivity index (χ3n) is 4.84.